The first-order chi connectivity index (χ1) is 14.4. The molecule has 1 fully saturated rings. The number of carbonyl (C=O) groups excluding carboxylic acids is 2. The van der Waals surface area contributed by atoms with Gasteiger partial charge in [-0.05, 0) is 30.9 Å². The van der Waals surface area contributed by atoms with E-state index < -0.39 is 6.04 Å². The van der Waals surface area contributed by atoms with E-state index in [4.69, 9.17) is 15.9 Å². The van der Waals surface area contributed by atoms with Crippen molar-refractivity contribution in [2.75, 3.05) is 26.9 Å². The maximum Gasteiger partial charge on any atom is 0.243 e. The molecular weight excluding hydrogens is 380 g/mol. The van der Waals surface area contributed by atoms with Crippen molar-refractivity contribution < 1.29 is 19.1 Å². The highest BCUT2D eigenvalue weighted by atomic mass is 16.5. The number of nitrogens with one attached hydrogen (secondary N) is 1. The number of carbonyl (C=O) groups is 2. The first kappa shape index (κ1) is 23.8. The number of likely N-dealkylation sites (tertiary alicyclic amines) is 1. The molecule has 0 saturated carbocycles. The van der Waals surface area contributed by atoms with Crippen LogP contribution in [0.25, 0.3) is 0 Å². The summed E-state index contributed by atoms with van der Waals surface area (Å²) in [7, 11) is 1.65. The maximum atomic E-state index is 12.9. The van der Waals surface area contributed by atoms with Gasteiger partial charge in [-0.15, -0.1) is 6.42 Å². The van der Waals surface area contributed by atoms with Gasteiger partial charge in [-0.25, -0.2) is 0 Å². The largest absolute Gasteiger partial charge is 0.493 e. The molecule has 1 aliphatic rings. The number of nitrogens with zero attached hydrogens (tertiary/aromatic N) is 1. The summed E-state index contributed by atoms with van der Waals surface area (Å²) in [6, 6.07) is 5.11. The van der Waals surface area contributed by atoms with Crippen LogP contribution in [0.1, 0.15) is 51.2 Å². The second-order valence-electron chi connectivity index (χ2n) is 8.10. The molecule has 2 rings (SSSR count). The zero-order valence-corrected chi connectivity index (χ0v) is 18.6. The molecule has 1 heterocycles. The van der Waals surface area contributed by atoms with E-state index in [9.17, 15) is 9.59 Å². The third-order valence-corrected chi connectivity index (χ3v) is 5.67. The Morgan fingerprint density at radius 2 is 2.07 bits per heavy atom. The average molecular weight is 415 g/mol. The number of methoxy groups -OCH3 is 1. The van der Waals surface area contributed by atoms with Crippen LogP contribution in [0, 0.1) is 24.2 Å². The third kappa shape index (κ3) is 6.24. The SMILES string of the molecule is C#Cc1ccc(CNC(=O)C2CCCN2C(=O)C(C)C(C)C)c(OCCCOC)c1. The fourth-order valence-corrected chi connectivity index (χ4v) is 3.46. The Balaban J connectivity index is 2.02. The van der Waals surface area contributed by atoms with Crippen molar-refractivity contribution in [3.05, 3.63) is 29.3 Å². The highest BCUT2D eigenvalue weighted by Gasteiger charge is 2.36. The van der Waals surface area contributed by atoms with Crippen LogP contribution in [-0.2, 0) is 20.9 Å². The van der Waals surface area contributed by atoms with Gasteiger partial charge in [0.05, 0.1) is 6.61 Å². The molecule has 1 saturated heterocycles. The van der Waals surface area contributed by atoms with E-state index in [-0.39, 0.29) is 23.7 Å². The van der Waals surface area contributed by atoms with Gasteiger partial charge in [0.1, 0.15) is 11.8 Å². The van der Waals surface area contributed by atoms with E-state index in [0.29, 0.717) is 38.5 Å². The molecule has 164 valence electrons. The lowest BCUT2D eigenvalue weighted by Gasteiger charge is -2.28. The monoisotopic (exact) mass is 414 g/mol. The number of amides is 2. The molecule has 30 heavy (non-hydrogen) atoms. The van der Waals surface area contributed by atoms with E-state index in [1.54, 1.807) is 12.0 Å². The Kier molecular flexibility index (Phi) is 9.19. The molecule has 1 aliphatic heterocycles. The molecular formula is C24H34N2O4. The number of hydrogen-bond donors (Lipinski definition) is 1. The van der Waals surface area contributed by atoms with Gasteiger partial charge in [0.15, 0.2) is 0 Å². The van der Waals surface area contributed by atoms with Crippen molar-refractivity contribution in [1.82, 2.24) is 10.2 Å². The molecule has 2 unspecified atom stereocenters. The van der Waals surface area contributed by atoms with E-state index in [1.165, 1.54) is 0 Å². The normalized spacial score (nSPS) is 16.9. The summed E-state index contributed by atoms with van der Waals surface area (Å²) in [5.74, 6) is 3.35. The summed E-state index contributed by atoms with van der Waals surface area (Å²) in [6.45, 7) is 8.06. The smallest absolute Gasteiger partial charge is 0.243 e. The molecule has 6 nitrogen and oxygen atoms in total. The zero-order chi connectivity index (χ0) is 22.1. The van der Waals surface area contributed by atoms with Gasteiger partial charge in [0, 0.05) is 50.3 Å². The van der Waals surface area contributed by atoms with E-state index in [1.807, 2.05) is 39.0 Å². The van der Waals surface area contributed by atoms with Crippen LogP contribution < -0.4 is 10.1 Å². The predicted molar refractivity (Wildman–Crippen MR) is 117 cm³/mol. The summed E-state index contributed by atoms with van der Waals surface area (Å²) in [5, 5.41) is 2.98. The summed E-state index contributed by atoms with van der Waals surface area (Å²) < 4.78 is 10.9. The van der Waals surface area contributed by atoms with E-state index in [0.717, 1.165) is 24.0 Å². The number of hydrogen-bond acceptors (Lipinski definition) is 4. The van der Waals surface area contributed by atoms with Crippen LogP contribution in [-0.4, -0.2) is 49.6 Å². The Morgan fingerprint density at radius 3 is 2.73 bits per heavy atom. The van der Waals surface area contributed by atoms with Gasteiger partial charge < -0.3 is 19.7 Å². The van der Waals surface area contributed by atoms with E-state index in [2.05, 4.69) is 11.2 Å². The van der Waals surface area contributed by atoms with Gasteiger partial charge in [-0.2, -0.15) is 0 Å². The van der Waals surface area contributed by atoms with Crippen molar-refractivity contribution in [3.63, 3.8) is 0 Å². The van der Waals surface area contributed by atoms with Crippen molar-refractivity contribution >= 4 is 11.8 Å². The number of ether oxygens (including phenoxy) is 2. The molecule has 2 amide bonds. The van der Waals surface area contributed by atoms with Gasteiger partial charge in [-0.3, -0.25) is 9.59 Å². The maximum absolute atomic E-state index is 12.9. The van der Waals surface area contributed by atoms with Crippen molar-refractivity contribution in [1.29, 1.82) is 0 Å². The third-order valence-electron chi connectivity index (χ3n) is 5.67. The standard InChI is InChI=1S/C24H34N2O4/c1-6-19-10-11-20(22(15-19)30-14-8-13-29-5)16-25-23(27)21-9-7-12-26(21)24(28)18(4)17(2)3/h1,10-11,15,17-18,21H,7-9,12-14,16H2,2-5H3,(H,25,27). The second-order valence-corrected chi connectivity index (χ2v) is 8.10. The number of terminal acetylenes is 1. The van der Waals surface area contributed by atoms with Gasteiger partial charge in [0.2, 0.25) is 11.8 Å². The first-order valence-corrected chi connectivity index (χ1v) is 10.7. The number of rotatable bonds is 10. The Hall–Kier alpha value is -2.52. The lowest BCUT2D eigenvalue weighted by atomic mass is 9.96. The second kappa shape index (κ2) is 11.6. The topological polar surface area (TPSA) is 67.9 Å². The van der Waals surface area contributed by atoms with Crippen LogP contribution in [0.15, 0.2) is 18.2 Å². The molecule has 0 radical (unpaired) electrons. The molecule has 1 aromatic rings. The van der Waals surface area contributed by atoms with Gasteiger partial charge in [-0.1, -0.05) is 32.8 Å². The predicted octanol–water partition coefficient (Wildman–Crippen LogP) is 2.98. The molecule has 1 N–H and O–H groups in total. The van der Waals surface area contributed by atoms with Crippen LogP contribution in [0.3, 0.4) is 0 Å². The lowest BCUT2D eigenvalue weighted by molar-refractivity contribution is -0.142. The highest BCUT2D eigenvalue weighted by Crippen LogP contribution is 2.24. The first-order valence-electron chi connectivity index (χ1n) is 10.7. The molecule has 1 aromatic carbocycles. The Bertz CT molecular complexity index is 769. The van der Waals surface area contributed by atoms with Crippen LogP contribution in [0.2, 0.25) is 0 Å². The van der Waals surface area contributed by atoms with Crippen LogP contribution in [0.4, 0.5) is 0 Å². The van der Waals surface area contributed by atoms with Crippen molar-refractivity contribution in [2.24, 2.45) is 11.8 Å². The molecule has 0 aliphatic carbocycles. The molecule has 6 heteroatoms. The minimum Gasteiger partial charge on any atom is -0.493 e. The quantitative estimate of drug-likeness (QED) is 0.472. The summed E-state index contributed by atoms with van der Waals surface area (Å²) in [4.78, 5) is 27.4. The molecule has 0 spiro atoms. The minimum absolute atomic E-state index is 0.0585. The van der Waals surface area contributed by atoms with E-state index >= 15 is 0 Å². The fourth-order valence-electron chi connectivity index (χ4n) is 3.46. The fraction of sp³-hybridized carbons (Fsp3) is 0.583. The average Bonchev–Trinajstić information content (AvgIpc) is 3.24. The summed E-state index contributed by atoms with van der Waals surface area (Å²) >= 11 is 0. The van der Waals surface area contributed by atoms with Crippen LogP contribution >= 0.6 is 0 Å². The molecule has 0 aromatic heterocycles. The number of benzene rings is 1. The van der Waals surface area contributed by atoms with Crippen molar-refractivity contribution in [2.45, 2.75) is 52.6 Å². The summed E-state index contributed by atoms with van der Waals surface area (Å²) in [6.07, 6.45) is 7.81. The van der Waals surface area contributed by atoms with Crippen molar-refractivity contribution in [3.8, 4) is 18.1 Å². The minimum atomic E-state index is -0.408. The lowest BCUT2D eigenvalue weighted by Crippen LogP contribution is -2.48. The molecule has 2 atom stereocenters. The Labute approximate surface area is 180 Å². The van der Waals surface area contributed by atoms with Gasteiger partial charge in [0.25, 0.3) is 0 Å². The van der Waals surface area contributed by atoms with Crippen LogP contribution in [0.5, 0.6) is 5.75 Å². The highest BCUT2D eigenvalue weighted by molar-refractivity contribution is 5.89. The summed E-state index contributed by atoms with van der Waals surface area (Å²) in [5.41, 5.74) is 1.58. The Morgan fingerprint density at radius 1 is 1.30 bits per heavy atom. The molecule has 0 bridgehead atoms. The van der Waals surface area contributed by atoms with Gasteiger partial charge >= 0.3 is 0 Å². The zero-order valence-electron chi connectivity index (χ0n) is 18.6.